The molecule has 5 heteroatoms. The minimum Gasteiger partial charge on any atom is -0.381 e. The summed E-state index contributed by atoms with van der Waals surface area (Å²) in [7, 11) is 0. The van der Waals surface area contributed by atoms with Crippen molar-refractivity contribution in [3.8, 4) is 0 Å². The molecule has 1 atom stereocenters. The number of nitrogens with zero attached hydrogens (tertiary/aromatic N) is 2. The number of nitrogens with one attached hydrogen (secondary N) is 2. The van der Waals surface area contributed by atoms with E-state index in [2.05, 4.69) is 20.6 Å². The zero-order chi connectivity index (χ0) is 12.4. The Morgan fingerprint density at radius 1 is 1.28 bits per heavy atom. The number of nitrogen functional groups attached to an aromatic ring is 1. The summed E-state index contributed by atoms with van der Waals surface area (Å²) < 4.78 is 0. The third-order valence-electron chi connectivity index (χ3n) is 3.32. The lowest BCUT2D eigenvalue weighted by Crippen LogP contribution is -2.18. The summed E-state index contributed by atoms with van der Waals surface area (Å²) in [6.07, 6.45) is 1.20. The quantitative estimate of drug-likeness (QED) is 0.756. The van der Waals surface area contributed by atoms with Crippen LogP contribution in [0.3, 0.4) is 0 Å². The topological polar surface area (TPSA) is 75.9 Å². The van der Waals surface area contributed by atoms with Crippen LogP contribution in [0.4, 0.5) is 11.6 Å². The Morgan fingerprint density at radius 2 is 2.06 bits per heavy atom. The molecule has 0 saturated carbocycles. The second-order valence-corrected chi connectivity index (χ2v) is 4.69. The first-order chi connectivity index (χ1) is 8.83. The standard InChI is InChI=1S/C13H17N5/c14-12-13(16-8-9-5-6-15-7-9)18-11-4-2-1-3-10(11)17-12/h1-4,9,15H,5-8H2,(H2,14,17)(H,16,18)/t9-/m0/s1. The van der Waals surface area contributed by atoms with Crippen LogP contribution in [0.5, 0.6) is 0 Å². The van der Waals surface area contributed by atoms with E-state index in [-0.39, 0.29) is 0 Å². The van der Waals surface area contributed by atoms with Crippen molar-refractivity contribution in [3.63, 3.8) is 0 Å². The molecule has 4 N–H and O–H groups in total. The van der Waals surface area contributed by atoms with E-state index in [0.717, 1.165) is 30.7 Å². The van der Waals surface area contributed by atoms with Gasteiger partial charge in [0.05, 0.1) is 11.0 Å². The average molecular weight is 243 g/mol. The molecule has 5 nitrogen and oxygen atoms in total. The molecule has 1 aliphatic rings. The molecule has 1 saturated heterocycles. The van der Waals surface area contributed by atoms with Gasteiger partial charge in [-0.05, 0) is 37.6 Å². The fourth-order valence-corrected chi connectivity index (χ4v) is 2.27. The van der Waals surface area contributed by atoms with Crippen LogP contribution in [0.1, 0.15) is 6.42 Å². The molecular weight excluding hydrogens is 226 g/mol. The van der Waals surface area contributed by atoms with Crippen LogP contribution in [0.15, 0.2) is 24.3 Å². The maximum atomic E-state index is 5.92. The number of rotatable bonds is 3. The number of hydrogen-bond donors (Lipinski definition) is 3. The molecule has 1 aliphatic heterocycles. The fourth-order valence-electron chi connectivity index (χ4n) is 2.27. The van der Waals surface area contributed by atoms with Gasteiger partial charge in [-0.3, -0.25) is 0 Å². The van der Waals surface area contributed by atoms with Crippen LogP contribution in [0.2, 0.25) is 0 Å². The third-order valence-corrected chi connectivity index (χ3v) is 3.32. The van der Waals surface area contributed by atoms with Crippen molar-refractivity contribution in [2.24, 2.45) is 5.92 Å². The Bertz CT molecular complexity index is 548. The van der Waals surface area contributed by atoms with Crippen LogP contribution >= 0.6 is 0 Å². The van der Waals surface area contributed by atoms with E-state index in [1.54, 1.807) is 0 Å². The summed E-state index contributed by atoms with van der Waals surface area (Å²) in [6.45, 7) is 3.06. The Labute approximate surface area is 106 Å². The Balaban J connectivity index is 1.80. The zero-order valence-corrected chi connectivity index (χ0v) is 10.2. The molecule has 0 aliphatic carbocycles. The van der Waals surface area contributed by atoms with Gasteiger partial charge >= 0.3 is 0 Å². The predicted octanol–water partition coefficient (Wildman–Crippen LogP) is 1.23. The van der Waals surface area contributed by atoms with Gasteiger partial charge in [0.25, 0.3) is 0 Å². The molecule has 1 aromatic heterocycles. The Hall–Kier alpha value is -1.88. The number of hydrogen-bond acceptors (Lipinski definition) is 5. The van der Waals surface area contributed by atoms with Crippen molar-refractivity contribution >= 4 is 22.7 Å². The van der Waals surface area contributed by atoms with Crippen LogP contribution < -0.4 is 16.4 Å². The highest BCUT2D eigenvalue weighted by Crippen LogP contribution is 2.19. The first-order valence-corrected chi connectivity index (χ1v) is 6.30. The number of benzene rings is 1. The van der Waals surface area contributed by atoms with Crippen molar-refractivity contribution in [2.45, 2.75) is 6.42 Å². The van der Waals surface area contributed by atoms with Crippen LogP contribution in [-0.2, 0) is 0 Å². The molecule has 0 radical (unpaired) electrons. The first-order valence-electron chi connectivity index (χ1n) is 6.30. The van der Waals surface area contributed by atoms with Crippen LogP contribution in [0, 0.1) is 5.92 Å². The number of fused-ring (bicyclic) bond motifs is 1. The monoisotopic (exact) mass is 243 g/mol. The van der Waals surface area contributed by atoms with Gasteiger partial charge in [0.2, 0.25) is 0 Å². The summed E-state index contributed by atoms with van der Waals surface area (Å²) in [6, 6.07) is 7.76. The number of aromatic nitrogens is 2. The lowest BCUT2D eigenvalue weighted by atomic mass is 10.1. The molecule has 18 heavy (non-hydrogen) atoms. The Morgan fingerprint density at radius 3 is 2.78 bits per heavy atom. The van der Waals surface area contributed by atoms with Crippen molar-refractivity contribution in [1.82, 2.24) is 15.3 Å². The van der Waals surface area contributed by atoms with Crippen molar-refractivity contribution in [2.75, 3.05) is 30.7 Å². The molecular formula is C13H17N5. The number of anilines is 2. The molecule has 2 aromatic rings. The summed E-state index contributed by atoms with van der Waals surface area (Å²) >= 11 is 0. The van der Waals surface area contributed by atoms with Crippen LogP contribution in [0.25, 0.3) is 11.0 Å². The summed E-state index contributed by atoms with van der Waals surface area (Å²) in [5.74, 6) is 1.82. The van der Waals surface area contributed by atoms with E-state index in [9.17, 15) is 0 Å². The van der Waals surface area contributed by atoms with E-state index >= 15 is 0 Å². The molecule has 94 valence electrons. The third kappa shape index (κ3) is 2.22. The molecule has 1 aromatic carbocycles. The predicted molar refractivity (Wildman–Crippen MR) is 73.4 cm³/mol. The van der Waals surface area contributed by atoms with Gasteiger partial charge in [-0.15, -0.1) is 0 Å². The SMILES string of the molecule is Nc1nc2ccccc2nc1NC[C@H]1CCNC1. The normalized spacial score (nSPS) is 19.2. The highest BCUT2D eigenvalue weighted by molar-refractivity contribution is 5.79. The van der Waals surface area contributed by atoms with Crippen molar-refractivity contribution in [3.05, 3.63) is 24.3 Å². The van der Waals surface area contributed by atoms with E-state index in [4.69, 9.17) is 5.73 Å². The van der Waals surface area contributed by atoms with Crippen molar-refractivity contribution in [1.29, 1.82) is 0 Å². The highest BCUT2D eigenvalue weighted by Gasteiger charge is 2.15. The van der Waals surface area contributed by atoms with E-state index < -0.39 is 0 Å². The van der Waals surface area contributed by atoms with E-state index in [1.165, 1.54) is 6.42 Å². The van der Waals surface area contributed by atoms with Gasteiger partial charge in [-0.2, -0.15) is 0 Å². The minimum atomic E-state index is 0.472. The number of nitrogens with two attached hydrogens (primary N) is 1. The molecule has 0 spiro atoms. The van der Waals surface area contributed by atoms with Gasteiger partial charge in [0, 0.05) is 6.54 Å². The molecule has 0 amide bonds. The lowest BCUT2D eigenvalue weighted by molar-refractivity contribution is 0.614. The smallest absolute Gasteiger partial charge is 0.169 e. The van der Waals surface area contributed by atoms with Gasteiger partial charge in [-0.25, -0.2) is 9.97 Å². The number of para-hydroxylation sites is 2. The molecule has 0 bridgehead atoms. The maximum Gasteiger partial charge on any atom is 0.169 e. The summed E-state index contributed by atoms with van der Waals surface area (Å²) in [5.41, 5.74) is 7.63. The average Bonchev–Trinajstić information content (AvgIpc) is 2.89. The molecule has 1 fully saturated rings. The largest absolute Gasteiger partial charge is 0.381 e. The fraction of sp³-hybridized carbons (Fsp3) is 0.385. The van der Waals surface area contributed by atoms with Gasteiger partial charge in [0.15, 0.2) is 11.6 Å². The van der Waals surface area contributed by atoms with Gasteiger partial charge in [0.1, 0.15) is 0 Å². The maximum absolute atomic E-state index is 5.92. The molecule has 3 rings (SSSR count). The first kappa shape index (κ1) is 11.2. The second-order valence-electron chi connectivity index (χ2n) is 4.69. The Kier molecular flexibility index (Phi) is 2.98. The lowest BCUT2D eigenvalue weighted by Gasteiger charge is -2.12. The second kappa shape index (κ2) is 4.78. The summed E-state index contributed by atoms with van der Waals surface area (Å²) in [5, 5.41) is 6.65. The van der Waals surface area contributed by atoms with Crippen molar-refractivity contribution < 1.29 is 0 Å². The van der Waals surface area contributed by atoms with E-state index in [1.807, 2.05) is 24.3 Å². The van der Waals surface area contributed by atoms with Crippen LogP contribution in [-0.4, -0.2) is 29.6 Å². The zero-order valence-electron chi connectivity index (χ0n) is 10.2. The molecule has 0 unspecified atom stereocenters. The van der Waals surface area contributed by atoms with Gasteiger partial charge in [-0.1, -0.05) is 12.1 Å². The highest BCUT2D eigenvalue weighted by atomic mass is 15.1. The molecule has 2 heterocycles. The summed E-state index contributed by atoms with van der Waals surface area (Å²) in [4.78, 5) is 8.87. The minimum absolute atomic E-state index is 0.472. The van der Waals surface area contributed by atoms with E-state index in [0.29, 0.717) is 17.6 Å². The van der Waals surface area contributed by atoms with Gasteiger partial charge < -0.3 is 16.4 Å².